The molecule has 28 heavy (non-hydrogen) atoms. The third-order valence-corrected chi connectivity index (χ3v) is 5.74. The maximum absolute atomic E-state index is 13.3. The molecule has 2 heterocycles. The van der Waals surface area contributed by atoms with Crippen molar-refractivity contribution in [1.82, 2.24) is 0 Å². The van der Waals surface area contributed by atoms with E-state index in [1.165, 1.54) is 6.07 Å². The smallest absolute Gasteiger partial charge is 0.336 e. The number of hydrogen-bond donors (Lipinski definition) is 1. The van der Waals surface area contributed by atoms with Crippen molar-refractivity contribution in [3.63, 3.8) is 0 Å². The zero-order valence-corrected chi connectivity index (χ0v) is 16.6. The van der Waals surface area contributed by atoms with Gasteiger partial charge in [-0.25, -0.2) is 4.79 Å². The maximum atomic E-state index is 13.3. The van der Waals surface area contributed by atoms with Crippen LogP contribution in [0, 0.1) is 5.92 Å². The quantitative estimate of drug-likeness (QED) is 0.594. The van der Waals surface area contributed by atoms with E-state index in [-0.39, 0.29) is 28.6 Å². The van der Waals surface area contributed by atoms with Crippen molar-refractivity contribution >= 4 is 22.8 Å². The zero-order valence-electron chi connectivity index (χ0n) is 16.6. The van der Waals surface area contributed by atoms with Gasteiger partial charge < -0.3 is 14.3 Å². The number of rotatable bonds is 4. The van der Waals surface area contributed by atoms with Crippen LogP contribution in [0.15, 0.2) is 21.4 Å². The first kappa shape index (κ1) is 18.8. The summed E-state index contributed by atoms with van der Waals surface area (Å²) in [6.45, 7) is 5.87. The fourth-order valence-electron chi connectivity index (χ4n) is 4.38. The van der Waals surface area contributed by atoms with Gasteiger partial charge in [0.15, 0.2) is 11.4 Å². The molecule has 4 rings (SSSR count). The van der Waals surface area contributed by atoms with E-state index in [2.05, 4.69) is 0 Å². The molecule has 1 N–H and O–H groups in total. The van der Waals surface area contributed by atoms with Crippen molar-refractivity contribution < 1.29 is 19.1 Å². The van der Waals surface area contributed by atoms with E-state index in [9.17, 15) is 14.7 Å². The molecule has 0 atom stereocenters. The molecule has 1 fully saturated rings. The summed E-state index contributed by atoms with van der Waals surface area (Å²) in [5, 5.41) is 11.7. The normalized spacial score (nSPS) is 18.2. The first-order chi connectivity index (χ1) is 13.3. The van der Waals surface area contributed by atoms with Crippen LogP contribution >= 0.6 is 0 Å². The van der Waals surface area contributed by atoms with Gasteiger partial charge in [-0.05, 0) is 50.8 Å². The number of Topliss-reactive ketones (excluding diaryl/α,β-unsaturated/α-hetero) is 1. The SMILES string of the molecule is CCCc1cc(=O)oc2c(C(=O)C3CCCC3)c(O)c3c(c12)OC(C)(C)C=C3. The number of ether oxygens (including phenoxy) is 1. The van der Waals surface area contributed by atoms with Gasteiger partial charge in [-0.3, -0.25) is 4.79 Å². The molecule has 0 radical (unpaired) electrons. The van der Waals surface area contributed by atoms with Crippen molar-refractivity contribution in [2.45, 2.75) is 64.9 Å². The molecule has 0 saturated heterocycles. The summed E-state index contributed by atoms with van der Waals surface area (Å²) in [6, 6.07) is 1.47. The number of phenols is 1. The van der Waals surface area contributed by atoms with Gasteiger partial charge in [0, 0.05) is 12.0 Å². The lowest BCUT2D eigenvalue weighted by Gasteiger charge is -2.30. The Kier molecular flexibility index (Phi) is 4.56. The Bertz CT molecular complexity index is 1040. The highest BCUT2D eigenvalue weighted by Gasteiger charge is 2.35. The monoisotopic (exact) mass is 382 g/mol. The number of phenolic OH excluding ortho intramolecular Hbond substituents is 1. The van der Waals surface area contributed by atoms with Crippen molar-refractivity contribution in [3.8, 4) is 11.5 Å². The minimum absolute atomic E-state index is 0.128. The summed E-state index contributed by atoms with van der Waals surface area (Å²) in [7, 11) is 0. The lowest BCUT2D eigenvalue weighted by atomic mass is 9.88. The Morgan fingerprint density at radius 1 is 1.29 bits per heavy atom. The molecule has 5 heteroatoms. The van der Waals surface area contributed by atoms with Crippen molar-refractivity contribution in [1.29, 1.82) is 0 Å². The minimum atomic E-state index is -0.566. The molecule has 2 aliphatic rings. The predicted molar refractivity (Wildman–Crippen MR) is 108 cm³/mol. The minimum Gasteiger partial charge on any atom is -0.506 e. The molecule has 5 nitrogen and oxygen atoms in total. The third-order valence-electron chi connectivity index (χ3n) is 5.74. The standard InChI is InChI=1S/C23H26O5/c1-4-7-14-12-16(24)27-22-17(14)21-15(10-11-23(2,3)28-21)20(26)18(22)19(25)13-8-5-6-9-13/h10-13,26H,4-9H2,1-3H3. The maximum Gasteiger partial charge on any atom is 0.336 e. The van der Waals surface area contributed by atoms with Gasteiger partial charge in [0.1, 0.15) is 22.7 Å². The average Bonchev–Trinajstić information content (AvgIpc) is 3.15. The summed E-state index contributed by atoms with van der Waals surface area (Å²) < 4.78 is 11.7. The Labute approximate surface area is 164 Å². The van der Waals surface area contributed by atoms with Crippen LogP contribution in [0.25, 0.3) is 17.0 Å². The lowest BCUT2D eigenvalue weighted by molar-refractivity contribution is 0.0920. The molecule has 1 aliphatic heterocycles. The Hall–Kier alpha value is -2.56. The van der Waals surface area contributed by atoms with E-state index in [1.54, 1.807) is 6.08 Å². The highest BCUT2D eigenvalue weighted by molar-refractivity contribution is 6.13. The Morgan fingerprint density at radius 2 is 2.00 bits per heavy atom. The first-order valence-corrected chi connectivity index (χ1v) is 10.1. The molecule has 0 spiro atoms. The number of aryl methyl sites for hydroxylation is 1. The zero-order chi connectivity index (χ0) is 20.1. The lowest BCUT2D eigenvalue weighted by Crippen LogP contribution is -2.28. The van der Waals surface area contributed by atoms with Crippen LogP contribution in [0.4, 0.5) is 0 Å². The highest BCUT2D eigenvalue weighted by Crippen LogP contribution is 2.47. The van der Waals surface area contributed by atoms with Gasteiger partial charge in [0.05, 0.1) is 10.9 Å². The summed E-state index contributed by atoms with van der Waals surface area (Å²) in [6.07, 6.45) is 8.77. The summed E-state index contributed by atoms with van der Waals surface area (Å²) in [4.78, 5) is 25.6. The van der Waals surface area contributed by atoms with Crippen LogP contribution in [0.3, 0.4) is 0 Å². The van der Waals surface area contributed by atoms with E-state index in [0.717, 1.165) is 37.7 Å². The van der Waals surface area contributed by atoms with Crippen LogP contribution in [0.1, 0.15) is 74.4 Å². The van der Waals surface area contributed by atoms with Gasteiger partial charge in [0.25, 0.3) is 0 Å². The Morgan fingerprint density at radius 3 is 2.68 bits per heavy atom. The summed E-state index contributed by atoms with van der Waals surface area (Å²) >= 11 is 0. The van der Waals surface area contributed by atoms with E-state index in [1.807, 2.05) is 26.8 Å². The van der Waals surface area contributed by atoms with Crippen LogP contribution in [0.2, 0.25) is 0 Å². The molecule has 0 bridgehead atoms. The van der Waals surface area contributed by atoms with Gasteiger partial charge in [-0.2, -0.15) is 0 Å². The predicted octanol–water partition coefficient (Wildman–Crippen LogP) is 5.01. The summed E-state index contributed by atoms with van der Waals surface area (Å²) in [5.74, 6) is 0.0492. The molecule has 1 aromatic heterocycles. The largest absolute Gasteiger partial charge is 0.506 e. The van der Waals surface area contributed by atoms with Crippen molar-refractivity contribution in [3.05, 3.63) is 39.3 Å². The second-order valence-corrected chi connectivity index (χ2v) is 8.40. The number of benzene rings is 1. The third kappa shape index (κ3) is 3.03. The van der Waals surface area contributed by atoms with Gasteiger partial charge in [-0.15, -0.1) is 0 Å². The molecule has 148 valence electrons. The molecule has 0 unspecified atom stereocenters. The molecular weight excluding hydrogens is 356 g/mol. The number of fused-ring (bicyclic) bond motifs is 3. The second kappa shape index (κ2) is 6.80. The fraction of sp³-hybridized carbons (Fsp3) is 0.478. The summed E-state index contributed by atoms with van der Waals surface area (Å²) in [5.41, 5.74) is 0.486. The van der Waals surface area contributed by atoms with E-state index in [0.29, 0.717) is 23.1 Å². The number of hydrogen-bond acceptors (Lipinski definition) is 5. The van der Waals surface area contributed by atoms with Gasteiger partial charge >= 0.3 is 5.63 Å². The first-order valence-electron chi connectivity index (χ1n) is 10.1. The Balaban J connectivity index is 2.08. The number of carbonyl (C=O) groups is 1. The second-order valence-electron chi connectivity index (χ2n) is 8.40. The van der Waals surface area contributed by atoms with E-state index < -0.39 is 11.2 Å². The molecule has 0 amide bonds. The van der Waals surface area contributed by atoms with E-state index >= 15 is 0 Å². The van der Waals surface area contributed by atoms with E-state index in [4.69, 9.17) is 9.15 Å². The molecular formula is C23H26O5. The molecule has 1 saturated carbocycles. The molecule has 1 aliphatic carbocycles. The van der Waals surface area contributed by atoms with Gasteiger partial charge in [0.2, 0.25) is 0 Å². The van der Waals surface area contributed by atoms with Crippen LogP contribution < -0.4 is 10.4 Å². The molecule has 2 aromatic rings. The van der Waals surface area contributed by atoms with Crippen molar-refractivity contribution in [2.24, 2.45) is 5.92 Å². The molecule has 1 aromatic carbocycles. The van der Waals surface area contributed by atoms with Crippen LogP contribution in [-0.2, 0) is 6.42 Å². The van der Waals surface area contributed by atoms with Gasteiger partial charge in [-0.1, -0.05) is 26.2 Å². The fourth-order valence-corrected chi connectivity index (χ4v) is 4.38. The van der Waals surface area contributed by atoms with Crippen molar-refractivity contribution in [2.75, 3.05) is 0 Å². The average molecular weight is 382 g/mol. The van der Waals surface area contributed by atoms with Crippen LogP contribution in [-0.4, -0.2) is 16.5 Å². The number of aromatic hydroxyl groups is 1. The number of carbonyl (C=O) groups excluding carboxylic acids is 1. The topological polar surface area (TPSA) is 76.7 Å². The highest BCUT2D eigenvalue weighted by atomic mass is 16.5. The van der Waals surface area contributed by atoms with Crippen LogP contribution in [0.5, 0.6) is 11.5 Å². The number of ketones is 1.